The summed E-state index contributed by atoms with van der Waals surface area (Å²) in [5, 5.41) is 2.08. The van der Waals surface area contributed by atoms with Crippen LogP contribution in [-0.4, -0.2) is 13.1 Å². The molecule has 0 atom stereocenters. The molecule has 0 aromatic carbocycles. The molecule has 0 aromatic heterocycles. The zero-order chi connectivity index (χ0) is 7.33. The van der Waals surface area contributed by atoms with E-state index in [9.17, 15) is 0 Å². The molecule has 0 bridgehead atoms. The van der Waals surface area contributed by atoms with Gasteiger partial charge in [0, 0.05) is 0 Å². The minimum atomic E-state index is -1.91. The van der Waals surface area contributed by atoms with Gasteiger partial charge in [-0.1, -0.05) is 0 Å². The Morgan fingerprint density at radius 2 is 1.44 bits per heavy atom. The number of terminal acetylenes is 2. The second-order valence-electron chi connectivity index (χ2n) is 2.40. The maximum Gasteiger partial charge on any atom is 0.308 e. The van der Waals surface area contributed by atoms with Crippen molar-refractivity contribution in [3.8, 4) is 22.4 Å². The van der Waals surface area contributed by atoms with Gasteiger partial charge in [0.2, 0.25) is 0 Å². The predicted molar refractivity (Wildman–Crippen MR) is 44.4 cm³/mol. The average molecular weight is 135 g/mol. The zero-order valence-electron chi connectivity index (χ0n) is 6.15. The average Bonchev–Trinajstić information content (AvgIpc) is 1.95. The molecule has 1 heteroatoms. The molecule has 0 aliphatic rings. The van der Waals surface area contributed by atoms with E-state index < -0.39 is 13.1 Å². The van der Waals surface area contributed by atoms with Crippen molar-refractivity contribution in [2.45, 2.75) is 24.4 Å². The fourth-order valence-electron chi connectivity index (χ4n) is 0.808. The predicted octanol–water partition coefficient (Wildman–Crippen LogP) is 1.82. The van der Waals surface area contributed by atoms with Gasteiger partial charge in [0.05, 0.1) is 0 Å². The molecule has 0 heterocycles. The fraction of sp³-hybridized carbons (Fsp3) is 0.500. The molecular weight excluding hydrogens is 123 g/mol. The van der Waals surface area contributed by atoms with Gasteiger partial charge >= 0.3 is 13.1 Å². The van der Waals surface area contributed by atoms with Gasteiger partial charge in [0.25, 0.3) is 0 Å². The van der Waals surface area contributed by atoms with Crippen LogP contribution in [0.5, 0.6) is 0 Å². The molecule has 0 spiro atoms. The summed E-state index contributed by atoms with van der Waals surface area (Å²) >= 11 is -1.91. The van der Waals surface area contributed by atoms with E-state index in [4.69, 9.17) is 12.8 Å². The van der Waals surface area contributed by atoms with Crippen LogP contribution in [0.15, 0.2) is 0 Å². The molecule has 9 heavy (non-hydrogen) atoms. The van der Waals surface area contributed by atoms with Crippen LogP contribution in [0.3, 0.4) is 0 Å². The minimum absolute atomic E-state index is 1.04. The lowest BCUT2D eigenvalue weighted by atomic mass is 10.9. The van der Waals surface area contributed by atoms with Gasteiger partial charge in [-0.2, -0.15) is 23.4 Å². The van der Waals surface area contributed by atoms with Gasteiger partial charge in [-0.05, 0) is 0 Å². The molecular formula is C8H12Al-. The lowest BCUT2D eigenvalue weighted by molar-refractivity contribution is 1.31. The van der Waals surface area contributed by atoms with Crippen LogP contribution in [-0.2, 0) is 0 Å². The first kappa shape index (κ1) is 8.65. The van der Waals surface area contributed by atoms with Crippen LogP contribution in [0, 0.1) is 22.4 Å². The van der Waals surface area contributed by atoms with Crippen molar-refractivity contribution in [1.82, 2.24) is 0 Å². The molecule has 0 fully saturated rings. The lowest BCUT2D eigenvalue weighted by Crippen LogP contribution is -2.28. The second-order valence-corrected chi connectivity index (χ2v) is 7.20. The maximum absolute atomic E-state index is 5.32. The van der Waals surface area contributed by atoms with Gasteiger partial charge in [0.1, 0.15) is 0 Å². The second kappa shape index (κ2) is 3.63. The highest BCUT2D eigenvalue weighted by Crippen LogP contribution is 2.11. The largest absolute Gasteiger partial charge is 0.340 e. The Morgan fingerprint density at radius 1 is 1.11 bits per heavy atom. The smallest absolute Gasteiger partial charge is 0.308 e. The quantitative estimate of drug-likeness (QED) is 0.400. The van der Waals surface area contributed by atoms with Gasteiger partial charge in [0.15, 0.2) is 0 Å². The van der Waals surface area contributed by atoms with Crippen LogP contribution in [0.1, 0.15) is 13.8 Å². The van der Waals surface area contributed by atoms with Crippen molar-refractivity contribution in [1.29, 1.82) is 0 Å². The Labute approximate surface area is 60.3 Å². The number of hydrogen-bond donors (Lipinski definition) is 0. The van der Waals surface area contributed by atoms with E-state index in [1.807, 2.05) is 0 Å². The minimum Gasteiger partial charge on any atom is -0.340 e. The molecule has 48 valence electrons. The molecule has 0 rings (SSSR count). The normalized spacial score (nSPS) is 9.78. The first-order valence-corrected chi connectivity index (χ1v) is 6.17. The van der Waals surface area contributed by atoms with Crippen molar-refractivity contribution in [2.24, 2.45) is 0 Å². The summed E-state index contributed by atoms with van der Waals surface area (Å²) in [5.41, 5.74) is 0. The zero-order valence-corrected chi connectivity index (χ0v) is 7.30. The highest BCUT2D eigenvalue weighted by molar-refractivity contribution is 6.93. The molecule has 0 unspecified atom stereocenters. The Morgan fingerprint density at radius 3 is 1.44 bits per heavy atom. The van der Waals surface area contributed by atoms with E-state index in [1.54, 1.807) is 0 Å². The fourth-order valence-corrected chi connectivity index (χ4v) is 2.42. The third-order valence-electron chi connectivity index (χ3n) is 2.03. The van der Waals surface area contributed by atoms with Gasteiger partial charge < -0.3 is 9.56 Å². The summed E-state index contributed by atoms with van der Waals surface area (Å²) in [4.78, 5) is 5.59. The van der Waals surface area contributed by atoms with Crippen LogP contribution in [0.4, 0.5) is 0 Å². The van der Waals surface area contributed by atoms with E-state index in [2.05, 4.69) is 23.4 Å². The van der Waals surface area contributed by atoms with Crippen molar-refractivity contribution < 1.29 is 0 Å². The van der Waals surface area contributed by atoms with Crippen molar-refractivity contribution in [3.05, 3.63) is 0 Å². The SMILES string of the molecule is C#[C][Al-]([C]#C)([CH2]C)[CH2]C. The molecule has 0 aromatic rings. The maximum atomic E-state index is 5.32. The summed E-state index contributed by atoms with van der Waals surface area (Å²) in [5.74, 6) is 0. The van der Waals surface area contributed by atoms with Crippen molar-refractivity contribution >= 4 is 13.1 Å². The van der Waals surface area contributed by atoms with Crippen molar-refractivity contribution in [3.63, 3.8) is 0 Å². The van der Waals surface area contributed by atoms with Crippen LogP contribution < -0.4 is 0 Å². The first-order chi connectivity index (χ1) is 4.24. The van der Waals surface area contributed by atoms with Gasteiger partial charge in [-0.15, -0.1) is 13.8 Å². The van der Waals surface area contributed by atoms with Gasteiger partial charge in [-0.25, -0.2) is 0 Å². The number of hydrogen-bond acceptors (Lipinski definition) is 0. The highest BCUT2D eigenvalue weighted by Gasteiger charge is 2.19. The van der Waals surface area contributed by atoms with Gasteiger partial charge in [-0.3, -0.25) is 0 Å². The van der Waals surface area contributed by atoms with Crippen LogP contribution in [0.2, 0.25) is 10.6 Å². The Bertz CT molecular complexity index is 136. The van der Waals surface area contributed by atoms with Crippen molar-refractivity contribution in [2.75, 3.05) is 0 Å². The monoisotopic (exact) mass is 135 g/mol. The van der Waals surface area contributed by atoms with E-state index in [0.29, 0.717) is 0 Å². The first-order valence-electron chi connectivity index (χ1n) is 3.39. The summed E-state index contributed by atoms with van der Waals surface area (Å²) < 4.78 is 0. The molecule has 0 aliphatic heterocycles. The Hall–Kier alpha value is -0.348. The summed E-state index contributed by atoms with van der Waals surface area (Å²) in [6.45, 7) is 4.18. The molecule has 0 nitrogen and oxygen atoms in total. The summed E-state index contributed by atoms with van der Waals surface area (Å²) in [7, 11) is 0. The third kappa shape index (κ3) is 1.80. The Balaban J connectivity index is 4.28. The lowest BCUT2D eigenvalue weighted by Gasteiger charge is -2.18. The summed E-state index contributed by atoms with van der Waals surface area (Å²) in [6.07, 6.45) is 10.6. The topological polar surface area (TPSA) is 0 Å². The standard InChI is InChI=1S/2C2H5.2C2H.Al/c4*1-2;/h2*1H2,2H3;2*1H;/q;;;;-1. The van der Waals surface area contributed by atoms with Crippen LogP contribution in [0.25, 0.3) is 0 Å². The molecule has 0 radical (unpaired) electrons. The van der Waals surface area contributed by atoms with E-state index in [1.165, 1.54) is 0 Å². The molecule has 0 saturated heterocycles. The molecule has 0 N–H and O–H groups in total. The van der Waals surface area contributed by atoms with E-state index in [-0.39, 0.29) is 0 Å². The molecule has 0 amide bonds. The highest BCUT2D eigenvalue weighted by atomic mass is 27.2. The summed E-state index contributed by atoms with van der Waals surface area (Å²) in [6, 6.07) is 0. The molecule has 0 aliphatic carbocycles. The third-order valence-corrected chi connectivity index (χ3v) is 6.10. The van der Waals surface area contributed by atoms with E-state index in [0.717, 1.165) is 10.6 Å². The Kier molecular flexibility index (Phi) is 3.49. The number of rotatable bonds is 2. The molecule has 0 saturated carbocycles. The van der Waals surface area contributed by atoms with E-state index >= 15 is 0 Å². The van der Waals surface area contributed by atoms with Crippen LogP contribution >= 0.6 is 0 Å².